The molecule has 0 bridgehead atoms. The van der Waals surface area contributed by atoms with Crippen molar-refractivity contribution < 1.29 is 9.18 Å². The molecule has 2 nitrogen and oxygen atoms in total. The fraction of sp³-hybridized carbons (Fsp3) is 0.462. The van der Waals surface area contributed by atoms with Gasteiger partial charge in [-0.05, 0) is 30.0 Å². The van der Waals surface area contributed by atoms with Crippen LogP contribution in [-0.4, -0.2) is 23.9 Å². The highest BCUT2D eigenvalue weighted by molar-refractivity contribution is 9.10. The first-order valence-corrected chi connectivity index (χ1v) is 6.43. The molecule has 1 amide bonds. The van der Waals surface area contributed by atoms with Crippen molar-refractivity contribution in [3.05, 3.63) is 34.1 Å². The number of likely N-dealkylation sites (tertiary alicyclic amines) is 1. The highest BCUT2D eigenvalue weighted by Gasteiger charge is 2.33. The van der Waals surface area contributed by atoms with Crippen molar-refractivity contribution in [2.75, 3.05) is 13.1 Å². The topological polar surface area (TPSA) is 20.3 Å². The second-order valence-electron chi connectivity index (χ2n) is 5.27. The Hall–Kier alpha value is -0.900. The molecule has 1 aliphatic rings. The van der Waals surface area contributed by atoms with Gasteiger partial charge in [0.15, 0.2) is 0 Å². The Bertz CT molecular complexity index is 459. The van der Waals surface area contributed by atoms with E-state index in [-0.39, 0.29) is 16.9 Å². The van der Waals surface area contributed by atoms with Crippen molar-refractivity contribution in [2.24, 2.45) is 5.41 Å². The first-order valence-electron chi connectivity index (χ1n) is 5.63. The van der Waals surface area contributed by atoms with Gasteiger partial charge in [0.05, 0.1) is 5.56 Å². The van der Waals surface area contributed by atoms with Crippen molar-refractivity contribution in [2.45, 2.75) is 20.3 Å². The Balaban J connectivity index is 2.23. The first-order chi connectivity index (χ1) is 7.89. The molecule has 0 atom stereocenters. The fourth-order valence-electron chi connectivity index (χ4n) is 2.12. The van der Waals surface area contributed by atoms with E-state index >= 15 is 0 Å². The van der Waals surface area contributed by atoms with Gasteiger partial charge in [-0.25, -0.2) is 4.39 Å². The number of rotatable bonds is 1. The predicted octanol–water partition coefficient (Wildman–Crippen LogP) is 3.46. The molecule has 1 saturated heterocycles. The van der Waals surface area contributed by atoms with Crippen LogP contribution in [-0.2, 0) is 0 Å². The lowest BCUT2D eigenvalue weighted by Crippen LogP contribution is -2.30. The molecule has 92 valence electrons. The Morgan fingerprint density at radius 2 is 2.18 bits per heavy atom. The molecule has 0 unspecified atom stereocenters. The van der Waals surface area contributed by atoms with Crippen LogP contribution in [0.4, 0.5) is 4.39 Å². The van der Waals surface area contributed by atoms with Crippen molar-refractivity contribution in [3.8, 4) is 0 Å². The maximum Gasteiger partial charge on any atom is 0.256 e. The van der Waals surface area contributed by atoms with Gasteiger partial charge in [-0.1, -0.05) is 29.8 Å². The van der Waals surface area contributed by atoms with Gasteiger partial charge in [0.1, 0.15) is 5.82 Å². The van der Waals surface area contributed by atoms with Crippen LogP contribution in [0.25, 0.3) is 0 Å². The third-order valence-corrected chi connectivity index (χ3v) is 3.62. The second kappa shape index (κ2) is 4.41. The number of nitrogens with zero attached hydrogens (tertiary/aromatic N) is 1. The Labute approximate surface area is 109 Å². The lowest BCUT2D eigenvalue weighted by atomic mass is 9.93. The predicted molar refractivity (Wildman–Crippen MR) is 68.4 cm³/mol. The molecule has 0 saturated carbocycles. The third-order valence-electron chi connectivity index (χ3n) is 3.12. The summed E-state index contributed by atoms with van der Waals surface area (Å²) in [6.45, 7) is 5.64. The minimum atomic E-state index is -0.456. The largest absolute Gasteiger partial charge is 0.338 e. The number of hydrogen-bond donors (Lipinski definition) is 0. The highest BCUT2D eigenvalue weighted by atomic mass is 79.9. The Kier molecular flexibility index (Phi) is 3.25. The van der Waals surface area contributed by atoms with Crippen LogP contribution in [0.3, 0.4) is 0 Å². The number of benzene rings is 1. The minimum absolute atomic E-state index is 0.137. The molecule has 0 N–H and O–H groups in total. The average molecular weight is 300 g/mol. The number of amides is 1. The van der Waals surface area contributed by atoms with Gasteiger partial charge in [-0.2, -0.15) is 0 Å². The van der Waals surface area contributed by atoms with Crippen LogP contribution in [0.2, 0.25) is 0 Å². The molecule has 0 aromatic heterocycles. The number of halogens is 2. The highest BCUT2D eigenvalue weighted by Crippen LogP contribution is 2.30. The van der Waals surface area contributed by atoms with E-state index in [1.54, 1.807) is 17.0 Å². The molecule has 0 spiro atoms. The summed E-state index contributed by atoms with van der Waals surface area (Å²) in [5.41, 5.74) is 0.287. The summed E-state index contributed by atoms with van der Waals surface area (Å²) in [4.78, 5) is 13.9. The molecule has 0 radical (unpaired) electrons. The molecule has 1 fully saturated rings. The fourth-order valence-corrected chi connectivity index (χ4v) is 2.48. The van der Waals surface area contributed by atoms with Gasteiger partial charge < -0.3 is 4.90 Å². The van der Waals surface area contributed by atoms with Gasteiger partial charge in [-0.3, -0.25) is 4.79 Å². The van der Waals surface area contributed by atoms with Crippen molar-refractivity contribution >= 4 is 21.8 Å². The number of hydrogen-bond acceptors (Lipinski definition) is 1. The molecule has 2 rings (SSSR count). The zero-order valence-corrected chi connectivity index (χ0v) is 11.6. The minimum Gasteiger partial charge on any atom is -0.338 e. The van der Waals surface area contributed by atoms with Gasteiger partial charge in [0.25, 0.3) is 5.91 Å². The average Bonchev–Trinajstić information content (AvgIpc) is 2.61. The summed E-state index contributed by atoms with van der Waals surface area (Å²) >= 11 is 3.26. The quantitative estimate of drug-likeness (QED) is 0.778. The Morgan fingerprint density at radius 1 is 1.47 bits per heavy atom. The SMILES string of the molecule is CC1(C)CCN(C(=O)c2cc(Br)ccc2F)C1. The number of carbonyl (C=O) groups is 1. The standard InChI is InChI=1S/C13H15BrFNO/c1-13(2)5-6-16(8-13)12(17)10-7-9(14)3-4-11(10)15/h3-4,7H,5-6,8H2,1-2H3. The molecule has 17 heavy (non-hydrogen) atoms. The molecule has 1 aromatic rings. The van der Waals surface area contributed by atoms with Crippen molar-refractivity contribution in [1.29, 1.82) is 0 Å². The third kappa shape index (κ3) is 2.68. The number of carbonyl (C=O) groups excluding carboxylic acids is 1. The van der Waals surface area contributed by atoms with Crippen LogP contribution in [0.15, 0.2) is 22.7 Å². The summed E-state index contributed by atoms with van der Waals surface area (Å²) in [5, 5.41) is 0. The van der Waals surface area contributed by atoms with E-state index < -0.39 is 5.82 Å². The normalized spacial score (nSPS) is 18.5. The zero-order valence-electron chi connectivity index (χ0n) is 9.96. The smallest absolute Gasteiger partial charge is 0.256 e. The maximum atomic E-state index is 13.6. The molecular weight excluding hydrogens is 285 g/mol. The van der Waals surface area contributed by atoms with Crippen LogP contribution in [0.1, 0.15) is 30.6 Å². The van der Waals surface area contributed by atoms with Gasteiger partial charge in [0.2, 0.25) is 0 Å². The van der Waals surface area contributed by atoms with E-state index in [4.69, 9.17) is 0 Å². The summed E-state index contributed by atoms with van der Waals surface area (Å²) < 4.78 is 14.3. The van der Waals surface area contributed by atoms with E-state index in [9.17, 15) is 9.18 Å². The lowest BCUT2D eigenvalue weighted by Gasteiger charge is -2.20. The molecule has 1 aromatic carbocycles. The van der Waals surface area contributed by atoms with E-state index in [0.717, 1.165) is 10.9 Å². The monoisotopic (exact) mass is 299 g/mol. The van der Waals surface area contributed by atoms with Crippen LogP contribution >= 0.6 is 15.9 Å². The zero-order chi connectivity index (χ0) is 12.6. The van der Waals surface area contributed by atoms with Gasteiger partial charge >= 0.3 is 0 Å². The van der Waals surface area contributed by atoms with E-state index in [0.29, 0.717) is 13.1 Å². The summed E-state index contributed by atoms with van der Waals surface area (Å²) in [6, 6.07) is 4.46. The molecular formula is C13H15BrFNO. The first kappa shape index (κ1) is 12.6. The molecule has 1 heterocycles. The van der Waals surface area contributed by atoms with E-state index in [2.05, 4.69) is 29.8 Å². The van der Waals surface area contributed by atoms with E-state index in [1.807, 2.05) is 0 Å². The van der Waals surface area contributed by atoms with Crippen molar-refractivity contribution in [1.82, 2.24) is 4.90 Å². The second-order valence-corrected chi connectivity index (χ2v) is 6.18. The van der Waals surface area contributed by atoms with E-state index in [1.165, 1.54) is 6.07 Å². The molecule has 1 aliphatic heterocycles. The lowest BCUT2D eigenvalue weighted by molar-refractivity contribution is 0.0773. The van der Waals surface area contributed by atoms with Crippen LogP contribution < -0.4 is 0 Å². The van der Waals surface area contributed by atoms with Crippen LogP contribution in [0.5, 0.6) is 0 Å². The molecule has 4 heteroatoms. The van der Waals surface area contributed by atoms with Gasteiger partial charge in [-0.15, -0.1) is 0 Å². The molecule has 0 aliphatic carbocycles. The summed E-state index contributed by atoms with van der Waals surface area (Å²) in [5.74, 6) is -0.669. The summed E-state index contributed by atoms with van der Waals surface area (Å²) in [7, 11) is 0. The van der Waals surface area contributed by atoms with Crippen LogP contribution in [0, 0.1) is 11.2 Å². The van der Waals surface area contributed by atoms with Crippen molar-refractivity contribution in [3.63, 3.8) is 0 Å². The summed E-state index contributed by atoms with van der Waals surface area (Å²) in [6.07, 6.45) is 0.967. The maximum absolute atomic E-state index is 13.6. The Morgan fingerprint density at radius 3 is 2.76 bits per heavy atom. The van der Waals surface area contributed by atoms with Gasteiger partial charge in [0, 0.05) is 17.6 Å².